The summed E-state index contributed by atoms with van der Waals surface area (Å²) in [5, 5.41) is 12.1. The molecule has 4 nitrogen and oxygen atoms in total. The van der Waals surface area contributed by atoms with E-state index in [0.29, 0.717) is 6.42 Å². The fourth-order valence-corrected chi connectivity index (χ4v) is 3.24. The molecule has 0 spiro atoms. The van der Waals surface area contributed by atoms with Crippen LogP contribution in [-0.4, -0.2) is 17.6 Å². The molecule has 0 atom stereocenters. The fourth-order valence-electron chi connectivity index (χ4n) is 2.79. The van der Waals surface area contributed by atoms with Crippen molar-refractivity contribution in [2.75, 3.05) is 11.9 Å². The second kappa shape index (κ2) is 9.49. The van der Waals surface area contributed by atoms with Gasteiger partial charge in [-0.15, -0.1) is 0 Å². The number of alkyl halides is 3. The summed E-state index contributed by atoms with van der Waals surface area (Å²) in [7, 11) is 0. The number of carbonyl (C=O) groups is 1. The molecule has 0 radical (unpaired) electrons. The Labute approximate surface area is 186 Å². The second-order valence-electron chi connectivity index (χ2n) is 6.53. The van der Waals surface area contributed by atoms with Gasteiger partial charge in [0.15, 0.2) is 5.75 Å². The minimum Gasteiger partial charge on any atom is -0.507 e. The lowest BCUT2D eigenvalue weighted by Crippen LogP contribution is -2.15. The van der Waals surface area contributed by atoms with Gasteiger partial charge in [-0.3, -0.25) is 4.79 Å². The van der Waals surface area contributed by atoms with Crippen LogP contribution in [0.2, 0.25) is 10.0 Å². The number of hydrogen-bond acceptors (Lipinski definition) is 3. The monoisotopic (exact) mass is 469 g/mol. The highest BCUT2D eigenvalue weighted by molar-refractivity contribution is 6.33. The topological polar surface area (TPSA) is 58.6 Å². The standard InChI is InChI=1S/C22H16Cl2F3NO3/c23-15-6-7-19(29)16(12-15)21(30)28-18-11-14(22(25,26)27)10-17(24)20(18)31-9-8-13-4-2-1-3-5-13/h1-7,10-12,29H,8-9H2,(H,28,30). The highest BCUT2D eigenvalue weighted by Crippen LogP contribution is 2.41. The largest absolute Gasteiger partial charge is 0.507 e. The Balaban J connectivity index is 1.90. The molecule has 0 aliphatic rings. The van der Waals surface area contributed by atoms with Gasteiger partial charge in [-0.1, -0.05) is 53.5 Å². The van der Waals surface area contributed by atoms with E-state index in [2.05, 4.69) is 5.32 Å². The molecule has 162 valence electrons. The number of halogens is 5. The van der Waals surface area contributed by atoms with Crippen molar-refractivity contribution in [1.82, 2.24) is 0 Å². The van der Waals surface area contributed by atoms with E-state index in [0.717, 1.165) is 17.7 Å². The van der Waals surface area contributed by atoms with Gasteiger partial charge in [0.25, 0.3) is 5.91 Å². The van der Waals surface area contributed by atoms with Crippen molar-refractivity contribution in [2.24, 2.45) is 0 Å². The van der Waals surface area contributed by atoms with Gasteiger partial charge in [0.2, 0.25) is 0 Å². The molecule has 0 aromatic heterocycles. The van der Waals surface area contributed by atoms with Gasteiger partial charge in [0.05, 0.1) is 28.4 Å². The number of anilines is 1. The van der Waals surface area contributed by atoms with Crippen LogP contribution in [0.3, 0.4) is 0 Å². The van der Waals surface area contributed by atoms with Crippen molar-refractivity contribution in [3.05, 3.63) is 87.4 Å². The third-order valence-corrected chi connectivity index (χ3v) is 4.82. The number of ether oxygens (including phenoxy) is 1. The first-order chi connectivity index (χ1) is 14.6. The Kier molecular flexibility index (Phi) is 6.97. The van der Waals surface area contributed by atoms with Gasteiger partial charge in [-0.05, 0) is 35.9 Å². The molecule has 0 fully saturated rings. The van der Waals surface area contributed by atoms with E-state index in [1.807, 2.05) is 30.3 Å². The van der Waals surface area contributed by atoms with Crippen molar-refractivity contribution in [3.63, 3.8) is 0 Å². The molecular formula is C22H16Cl2F3NO3. The van der Waals surface area contributed by atoms with E-state index in [1.165, 1.54) is 18.2 Å². The van der Waals surface area contributed by atoms with E-state index >= 15 is 0 Å². The molecule has 0 unspecified atom stereocenters. The Morgan fingerprint density at radius 3 is 2.42 bits per heavy atom. The van der Waals surface area contributed by atoms with Crippen LogP contribution < -0.4 is 10.1 Å². The predicted octanol–water partition coefficient (Wildman–Crippen LogP) is 6.59. The van der Waals surface area contributed by atoms with E-state index in [1.54, 1.807) is 0 Å². The zero-order valence-electron chi connectivity index (χ0n) is 15.8. The summed E-state index contributed by atoms with van der Waals surface area (Å²) in [5.74, 6) is -1.37. The molecule has 3 aromatic rings. The van der Waals surface area contributed by atoms with Crippen LogP contribution >= 0.6 is 23.2 Å². The second-order valence-corrected chi connectivity index (χ2v) is 7.38. The van der Waals surface area contributed by atoms with E-state index in [4.69, 9.17) is 27.9 Å². The lowest BCUT2D eigenvalue weighted by atomic mass is 10.1. The Morgan fingerprint density at radius 1 is 1.03 bits per heavy atom. The zero-order valence-corrected chi connectivity index (χ0v) is 17.4. The maximum atomic E-state index is 13.3. The van der Waals surface area contributed by atoms with Crippen molar-refractivity contribution in [2.45, 2.75) is 12.6 Å². The molecule has 3 rings (SSSR count). The molecule has 9 heteroatoms. The molecule has 31 heavy (non-hydrogen) atoms. The minimum atomic E-state index is -4.69. The number of rotatable bonds is 6. The van der Waals surface area contributed by atoms with Crippen molar-refractivity contribution in [1.29, 1.82) is 0 Å². The molecule has 0 bridgehead atoms. The molecular weight excluding hydrogens is 454 g/mol. The van der Waals surface area contributed by atoms with Crippen LogP contribution in [0.5, 0.6) is 11.5 Å². The van der Waals surface area contributed by atoms with Gasteiger partial charge in [-0.2, -0.15) is 13.2 Å². The molecule has 0 saturated heterocycles. The number of hydrogen-bond donors (Lipinski definition) is 2. The third kappa shape index (κ3) is 5.83. The van der Waals surface area contributed by atoms with Crippen LogP contribution in [-0.2, 0) is 12.6 Å². The summed E-state index contributed by atoms with van der Waals surface area (Å²) in [6, 6.07) is 14.5. The average Bonchev–Trinajstić information content (AvgIpc) is 2.71. The van der Waals surface area contributed by atoms with Crippen LogP contribution in [0.15, 0.2) is 60.7 Å². The maximum Gasteiger partial charge on any atom is 0.416 e. The molecule has 0 aliphatic heterocycles. The lowest BCUT2D eigenvalue weighted by molar-refractivity contribution is -0.137. The van der Waals surface area contributed by atoms with Gasteiger partial charge >= 0.3 is 6.18 Å². The van der Waals surface area contributed by atoms with E-state index in [9.17, 15) is 23.1 Å². The van der Waals surface area contributed by atoms with Crippen LogP contribution in [0.25, 0.3) is 0 Å². The fraction of sp³-hybridized carbons (Fsp3) is 0.136. The molecule has 1 amide bonds. The molecule has 0 heterocycles. The summed E-state index contributed by atoms with van der Waals surface area (Å²) < 4.78 is 45.4. The van der Waals surface area contributed by atoms with Gasteiger partial charge < -0.3 is 15.2 Å². The van der Waals surface area contributed by atoms with Crippen molar-refractivity contribution in [3.8, 4) is 11.5 Å². The Morgan fingerprint density at radius 2 is 1.74 bits per heavy atom. The minimum absolute atomic E-state index is 0.111. The van der Waals surface area contributed by atoms with Gasteiger partial charge in [-0.25, -0.2) is 0 Å². The smallest absolute Gasteiger partial charge is 0.416 e. The lowest BCUT2D eigenvalue weighted by Gasteiger charge is -2.17. The summed E-state index contributed by atoms with van der Waals surface area (Å²) >= 11 is 11.9. The number of carbonyl (C=O) groups excluding carboxylic acids is 1. The van der Waals surface area contributed by atoms with Crippen molar-refractivity contribution < 1.29 is 27.8 Å². The number of phenolic OH excluding ortho intramolecular Hbond substituents is 1. The normalized spacial score (nSPS) is 11.3. The van der Waals surface area contributed by atoms with Crippen LogP contribution in [0.4, 0.5) is 18.9 Å². The number of amides is 1. The number of nitrogens with one attached hydrogen (secondary N) is 1. The quantitative estimate of drug-likeness (QED) is 0.427. The number of aromatic hydroxyl groups is 1. The summed E-state index contributed by atoms with van der Waals surface area (Å²) in [6.07, 6.45) is -4.22. The maximum absolute atomic E-state index is 13.3. The first-order valence-electron chi connectivity index (χ1n) is 9.02. The van der Waals surface area contributed by atoms with Gasteiger partial charge in [0, 0.05) is 11.4 Å². The Hall–Kier alpha value is -2.90. The average molecular weight is 470 g/mol. The number of phenols is 1. The SMILES string of the molecule is O=C(Nc1cc(C(F)(F)F)cc(Cl)c1OCCc1ccccc1)c1cc(Cl)ccc1O. The molecule has 2 N–H and O–H groups in total. The highest BCUT2D eigenvalue weighted by atomic mass is 35.5. The van der Waals surface area contributed by atoms with E-state index in [-0.39, 0.29) is 39.4 Å². The molecule has 0 aliphatic carbocycles. The van der Waals surface area contributed by atoms with Crippen molar-refractivity contribution >= 4 is 34.8 Å². The van der Waals surface area contributed by atoms with Crippen LogP contribution in [0.1, 0.15) is 21.5 Å². The predicted molar refractivity (Wildman–Crippen MR) is 113 cm³/mol. The highest BCUT2D eigenvalue weighted by Gasteiger charge is 2.33. The first kappa shape index (κ1) is 22.8. The zero-order chi connectivity index (χ0) is 22.6. The third-order valence-electron chi connectivity index (χ3n) is 4.30. The number of benzene rings is 3. The van der Waals surface area contributed by atoms with E-state index < -0.39 is 17.6 Å². The summed E-state index contributed by atoms with van der Waals surface area (Å²) in [6.45, 7) is 0.111. The first-order valence-corrected chi connectivity index (χ1v) is 9.78. The van der Waals surface area contributed by atoms with Gasteiger partial charge in [0.1, 0.15) is 5.75 Å². The summed E-state index contributed by atoms with van der Waals surface area (Å²) in [4.78, 5) is 12.6. The Bertz CT molecular complexity index is 1090. The molecule has 3 aromatic carbocycles. The van der Waals surface area contributed by atoms with Crippen LogP contribution in [0, 0.1) is 0 Å². The molecule has 0 saturated carbocycles. The summed E-state index contributed by atoms with van der Waals surface area (Å²) in [5.41, 5.74) is -0.591.